The molecule has 0 radical (unpaired) electrons. The van der Waals surface area contributed by atoms with E-state index in [1.54, 1.807) is 6.07 Å². The van der Waals surface area contributed by atoms with Crippen LogP contribution in [0.5, 0.6) is 0 Å². The first kappa shape index (κ1) is 15.2. The third-order valence-electron chi connectivity index (χ3n) is 3.01. The number of alkyl halides is 1. The normalized spacial score (nSPS) is 12.4. The van der Waals surface area contributed by atoms with Gasteiger partial charge in [0, 0.05) is 20.4 Å². The van der Waals surface area contributed by atoms with Gasteiger partial charge in [-0.25, -0.2) is 0 Å². The van der Waals surface area contributed by atoms with Gasteiger partial charge in [-0.3, -0.25) is 0 Å². The molecule has 0 fully saturated rings. The molecule has 2 rings (SSSR count). The average Bonchev–Trinajstić information content (AvgIpc) is 2.39. The Labute approximate surface area is 136 Å². The molecular weight excluding hydrogens is 366 g/mol. The Morgan fingerprint density at radius 2 is 1.53 bits per heavy atom. The standard InChI is InChI=1S/C15H12BrCl3/c16-9-12(10-1-4-13(17)5-2-10)7-11-3-6-14(18)8-15(11)19/h1-6,8,12H,7,9H2. The molecule has 0 aromatic heterocycles. The molecule has 4 heteroatoms. The molecule has 0 heterocycles. The summed E-state index contributed by atoms with van der Waals surface area (Å²) in [4.78, 5) is 0. The summed E-state index contributed by atoms with van der Waals surface area (Å²) in [5.41, 5.74) is 2.35. The maximum absolute atomic E-state index is 6.22. The lowest BCUT2D eigenvalue weighted by atomic mass is 9.94. The highest BCUT2D eigenvalue weighted by Crippen LogP contribution is 2.29. The van der Waals surface area contributed by atoms with E-state index >= 15 is 0 Å². The molecule has 1 atom stereocenters. The van der Waals surface area contributed by atoms with Crippen molar-refractivity contribution in [2.75, 3.05) is 5.33 Å². The minimum Gasteiger partial charge on any atom is -0.0921 e. The quantitative estimate of drug-likeness (QED) is 0.542. The maximum Gasteiger partial charge on any atom is 0.0453 e. The summed E-state index contributed by atoms with van der Waals surface area (Å²) in [5.74, 6) is 0.357. The zero-order valence-electron chi connectivity index (χ0n) is 10.0. The molecule has 0 aliphatic carbocycles. The van der Waals surface area contributed by atoms with Crippen molar-refractivity contribution in [2.24, 2.45) is 0 Å². The second kappa shape index (κ2) is 6.99. The highest BCUT2D eigenvalue weighted by molar-refractivity contribution is 9.09. The molecule has 0 saturated carbocycles. The van der Waals surface area contributed by atoms with Crippen LogP contribution in [0.3, 0.4) is 0 Å². The van der Waals surface area contributed by atoms with E-state index in [0.717, 1.165) is 22.3 Å². The monoisotopic (exact) mass is 376 g/mol. The highest BCUT2D eigenvalue weighted by Gasteiger charge is 2.13. The SMILES string of the molecule is Clc1ccc(C(CBr)Cc2ccc(Cl)cc2Cl)cc1. The van der Waals surface area contributed by atoms with E-state index in [1.807, 2.05) is 24.3 Å². The van der Waals surface area contributed by atoms with Crippen LogP contribution in [-0.2, 0) is 6.42 Å². The summed E-state index contributed by atoms with van der Waals surface area (Å²) < 4.78 is 0. The van der Waals surface area contributed by atoms with Crippen molar-refractivity contribution in [1.82, 2.24) is 0 Å². The number of rotatable bonds is 4. The van der Waals surface area contributed by atoms with E-state index in [1.165, 1.54) is 5.56 Å². The molecule has 0 spiro atoms. The Kier molecular flexibility index (Phi) is 5.58. The van der Waals surface area contributed by atoms with Crippen molar-refractivity contribution in [3.05, 3.63) is 68.7 Å². The molecule has 0 N–H and O–H groups in total. The van der Waals surface area contributed by atoms with Crippen LogP contribution in [-0.4, -0.2) is 5.33 Å². The lowest BCUT2D eigenvalue weighted by molar-refractivity contribution is 0.776. The van der Waals surface area contributed by atoms with Gasteiger partial charge in [-0.2, -0.15) is 0 Å². The second-order valence-corrected chi connectivity index (χ2v) is 6.27. The van der Waals surface area contributed by atoms with Gasteiger partial charge in [0.25, 0.3) is 0 Å². The highest BCUT2D eigenvalue weighted by atomic mass is 79.9. The first-order chi connectivity index (χ1) is 9.10. The fourth-order valence-corrected chi connectivity index (χ4v) is 3.16. The Morgan fingerprint density at radius 3 is 2.11 bits per heavy atom. The van der Waals surface area contributed by atoms with E-state index in [2.05, 4.69) is 28.1 Å². The first-order valence-electron chi connectivity index (χ1n) is 5.85. The lowest BCUT2D eigenvalue weighted by Crippen LogP contribution is -2.04. The van der Waals surface area contributed by atoms with Crippen molar-refractivity contribution < 1.29 is 0 Å². The first-order valence-corrected chi connectivity index (χ1v) is 8.11. The predicted molar refractivity (Wildman–Crippen MR) is 88.2 cm³/mol. The van der Waals surface area contributed by atoms with E-state index in [-0.39, 0.29) is 0 Å². The summed E-state index contributed by atoms with van der Waals surface area (Å²) >= 11 is 21.6. The van der Waals surface area contributed by atoms with Crippen LogP contribution >= 0.6 is 50.7 Å². The number of halogens is 4. The van der Waals surface area contributed by atoms with Gasteiger partial charge in [0.15, 0.2) is 0 Å². The molecule has 100 valence electrons. The van der Waals surface area contributed by atoms with Gasteiger partial charge in [-0.15, -0.1) is 0 Å². The van der Waals surface area contributed by atoms with Gasteiger partial charge in [0.1, 0.15) is 0 Å². The molecule has 0 amide bonds. The van der Waals surface area contributed by atoms with Crippen LogP contribution < -0.4 is 0 Å². The summed E-state index contributed by atoms with van der Waals surface area (Å²) in [5, 5.41) is 3.00. The summed E-state index contributed by atoms with van der Waals surface area (Å²) in [6.45, 7) is 0. The fraction of sp³-hybridized carbons (Fsp3) is 0.200. The molecule has 0 nitrogen and oxygen atoms in total. The van der Waals surface area contributed by atoms with Crippen molar-refractivity contribution >= 4 is 50.7 Å². The molecule has 19 heavy (non-hydrogen) atoms. The molecule has 0 saturated heterocycles. The summed E-state index contributed by atoms with van der Waals surface area (Å²) in [6, 6.07) is 13.6. The number of hydrogen-bond acceptors (Lipinski definition) is 0. The van der Waals surface area contributed by atoms with E-state index in [4.69, 9.17) is 34.8 Å². The Morgan fingerprint density at radius 1 is 0.895 bits per heavy atom. The minimum absolute atomic E-state index is 0.357. The molecule has 0 aliphatic heterocycles. The molecule has 2 aromatic carbocycles. The van der Waals surface area contributed by atoms with Crippen LogP contribution in [0, 0.1) is 0 Å². The lowest BCUT2D eigenvalue weighted by Gasteiger charge is -2.16. The van der Waals surface area contributed by atoms with Gasteiger partial charge in [-0.1, -0.05) is 68.9 Å². The third kappa shape index (κ3) is 4.13. The van der Waals surface area contributed by atoms with Crippen LogP contribution in [0.2, 0.25) is 15.1 Å². The zero-order chi connectivity index (χ0) is 13.8. The van der Waals surface area contributed by atoms with Gasteiger partial charge < -0.3 is 0 Å². The summed E-state index contributed by atoms with van der Waals surface area (Å²) in [6.07, 6.45) is 0.864. The Balaban J connectivity index is 2.21. The van der Waals surface area contributed by atoms with Crippen LogP contribution in [0.1, 0.15) is 17.0 Å². The topological polar surface area (TPSA) is 0 Å². The zero-order valence-corrected chi connectivity index (χ0v) is 13.9. The minimum atomic E-state index is 0.357. The smallest absolute Gasteiger partial charge is 0.0453 e. The van der Waals surface area contributed by atoms with Crippen molar-refractivity contribution in [1.29, 1.82) is 0 Å². The van der Waals surface area contributed by atoms with Crippen LogP contribution in [0.4, 0.5) is 0 Å². The molecule has 2 aromatic rings. The van der Waals surface area contributed by atoms with E-state index in [9.17, 15) is 0 Å². The largest absolute Gasteiger partial charge is 0.0921 e. The van der Waals surface area contributed by atoms with Gasteiger partial charge in [0.2, 0.25) is 0 Å². The maximum atomic E-state index is 6.22. The predicted octanol–water partition coefficient (Wildman–Crippen LogP) is 6.37. The van der Waals surface area contributed by atoms with Crippen molar-refractivity contribution in [3.63, 3.8) is 0 Å². The molecule has 1 unspecified atom stereocenters. The Bertz CT molecular complexity index is 552. The van der Waals surface area contributed by atoms with E-state index < -0.39 is 0 Å². The van der Waals surface area contributed by atoms with E-state index in [0.29, 0.717) is 16.0 Å². The van der Waals surface area contributed by atoms with Crippen LogP contribution in [0.15, 0.2) is 42.5 Å². The van der Waals surface area contributed by atoms with Crippen LogP contribution in [0.25, 0.3) is 0 Å². The van der Waals surface area contributed by atoms with Gasteiger partial charge in [0.05, 0.1) is 0 Å². The van der Waals surface area contributed by atoms with Crippen molar-refractivity contribution in [3.8, 4) is 0 Å². The fourth-order valence-electron chi connectivity index (χ4n) is 1.95. The number of benzene rings is 2. The summed E-state index contributed by atoms with van der Waals surface area (Å²) in [7, 11) is 0. The number of hydrogen-bond donors (Lipinski definition) is 0. The van der Waals surface area contributed by atoms with Gasteiger partial charge in [-0.05, 0) is 47.7 Å². The van der Waals surface area contributed by atoms with Crippen molar-refractivity contribution in [2.45, 2.75) is 12.3 Å². The molecular formula is C15H12BrCl3. The average molecular weight is 379 g/mol. The second-order valence-electron chi connectivity index (χ2n) is 4.34. The third-order valence-corrected chi connectivity index (χ3v) is 4.63. The Hall–Kier alpha value is -0.210. The molecule has 0 aliphatic rings. The molecule has 0 bridgehead atoms. The van der Waals surface area contributed by atoms with Gasteiger partial charge >= 0.3 is 0 Å².